The highest BCUT2D eigenvalue weighted by atomic mass is 35.5. The van der Waals surface area contributed by atoms with Crippen LogP contribution in [0.25, 0.3) is 6.08 Å². The van der Waals surface area contributed by atoms with Gasteiger partial charge in [-0.15, -0.1) is 0 Å². The molecule has 0 aliphatic rings. The molecule has 66 valence electrons. The fourth-order valence-corrected chi connectivity index (χ4v) is 1.22. The largest absolute Gasteiger partial charge is 0.495 e. The highest BCUT2D eigenvalue weighted by molar-refractivity contribution is 6.32. The van der Waals surface area contributed by atoms with E-state index in [1.165, 1.54) is 7.11 Å². The number of hydrogen-bond acceptors (Lipinski definition) is 2. The zero-order valence-electron chi connectivity index (χ0n) is 7.17. The molecule has 0 spiro atoms. The number of halogens is 1. The van der Waals surface area contributed by atoms with Gasteiger partial charge in [0.2, 0.25) is 0 Å². The number of ether oxygens (including phenoxy) is 1. The third-order valence-corrected chi connectivity index (χ3v) is 1.99. The van der Waals surface area contributed by atoms with E-state index in [0.717, 1.165) is 5.56 Å². The van der Waals surface area contributed by atoms with Crippen molar-refractivity contribution in [1.82, 2.24) is 0 Å². The van der Waals surface area contributed by atoms with E-state index >= 15 is 0 Å². The van der Waals surface area contributed by atoms with Crippen molar-refractivity contribution in [2.24, 2.45) is 0 Å². The van der Waals surface area contributed by atoms with Gasteiger partial charge in [-0.25, -0.2) is 0 Å². The Morgan fingerprint density at radius 2 is 2.31 bits per heavy atom. The second-order valence-electron chi connectivity index (χ2n) is 2.39. The summed E-state index contributed by atoms with van der Waals surface area (Å²) in [6.07, 6.45) is 1.62. The second kappa shape index (κ2) is 3.97. The molecular formula is C10H8ClNO. The van der Waals surface area contributed by atoms with Crippen molar-refractivity contribution in [3.05, 3.63) is 34.9 Å². The third kappa shape index (κ3) is 1.82. The van der Waals surface area contributed by atoms with Gasteiger partial charge >= 0.3 is 0 Å². The highest BCUT2D eigenvalue weighted by Crippen LogP contribution is 2.26. The van der Waals surface area contributed by atoms with Gasteiger partial charge in [-0.1, -0.05) is 24.3 Å². The van der Waals surface area contributed by atoms with Gasteiger partial charge in [-0.3, -0.25) is 0 Å². The quantitative estimate of drug-likeness (QED) is 0.724. The van der Waals surface area contributed by atoms with E-state index in [2.05, 4.69) is 6.58 Å². The molecule has 3 heteroatoms. The zero-order valence-corrected chi connectivity index (χ0v) is 7.93. The number of nitriles is 1. The summed E-state index contributed by atoms with van der Waals surface area (Å²) in [7, 11) is 1.51. The first kappa shape index (κ1) is 9.63. The van der Waals surface area contributed by atoms with Gasteiger partial charge in [0, 0.05) is 5.02 Å². The molecule has 0 aromatic heterocycles. The summed E-state index contributed by atoms with van der Waals surface area (Å²) in [6, 6.07) is 5.25. The molecule has 1 rings (SSSR count). The van der Waals surface area contributed by atoms with E-state index in [1.54, 1.807) is 18.2 Å². The molecule has 0 aliphatic heterocycles. The van der Waals surface area contributed by atoms with Gasteiger partial charge in [0.15, 0.2) is 0 Å². The minimum absolute atomic E-state index is 0.429. The smallest absolute Gasteiger partial charge is 0.137 e. The topological polar surface area (TPSA) is 33.0 Å². The molecule has 13 heavy (non-hydrogen) atoms. The lowest BCUT2D eigenvalue weighted by Crippen LogP contribution is -1.89. The summed E-state index contributed by atoms with van der Waals surface area (Å²) in [5.74, 6) is 0.516. The molecule has 0 aliphatic carbocycles. The summed E-state index contributed by atoms with van der Waals surface area (Å²) in [4.78, 5) is 0. The van der Waals surface area contributed by atoms with E-state index in [1.807, 2.05) is 6.07 Å². The van der Waals surface area contributed by atoms with Crippen molar-refractivity contribution < 1.29 is 4.74 Å². The Balaban J connectivity index is 3.36. The Kier molecular flexibility index (Phi) is 2.94. The third-order valence-electron chi connectivity index (χ3n) is 1.66. The summed E-state index contributed by atoms with van der Waals surface area (Å²) in [6.45, 7) is 3.60. The van der Waals surface area contributed by atoms with E-state index < -0.39 is 0 Å². The highest BCUT2D eigenvalue weighted by Gasteiger charge is 2.06. The fraction of sp³-hybridized carbons (Fsp3) is 0.100. The van der Waals surface area contributed by atoms with Crippen LogP contribution >= 0.6 is 11.6 Å². The van der Waals surface area contributed by atoms with E-state index in [0.29, 0.717) is 16.3 Å². The molecule has 0 heterocycles. The maximum atomic E-state index is 8.72. The van der Waals surface area contributed by atoms with Crippen LogP contribution in [0.15, 0.2) is 18.7 Å². The first-order valence-corrected chi connectivity index (χ1v) is 4.00. The first-order chi connectivity index (χ1) is 6.22. The van der Waals surface area contributed by atoms with Crippen molar-refractivity contribution in [3.63, 3.8) is 0 Å². The van der Waals surface area contributed by atoms with E-state index in [9.17, 15) is 0 Å². The van der Waals surface area contributed by atoms with Crippen LogP contribution in [0.3, 0.4) is 0 Å². The van der Waals surface area contributed by atoms with Crippen LogP contribution in [-0.4, -0.2) is 7.11 Å². The number of methoxy groups -OCH3 is 1. The summed E-state index contributed by atoms with van der Waals surface area (Å²) in [5.41, 5.74) is 1.19. The van der Waals surface area contributed by atoms with E-state index in [-0.39, 0.29) is 0 Å². The molecule has 0 unspecified atom stereocenters. The van der Waals surface area contributed by atoms with Gasteiger partial charge < -0.3 is 4.74 Å². The van der Waals surface area contributed by atoms with Crippen molar-refractivity contribution >= 4 is 17.7 Å². The van der Waals surface area contributed by atoms with Crippen LogP contribution < -0.4 is 4.74 Å². The van der Waals surface area contributed by atoms with E-state index in [4.69, 9.17) is 21.6 Å². The summed E-state index contributed by atoms with van der Waals surface area (Å²) >= 11 is 5.86. The SMILES string of the molecule is C=Cc1cc(OC)c(C#N)cc1Cl. The molecule has 1 aromatic carbocycles. The maximum absolute atomic E-state index is 8.72. The Labute approximate surface area is 82.0 Å². The van der Waals surface area contributed by atoms with Crippen LogP contribution in [0.1, 0.15) is 11.1 Å². The molecular weight excluding hydrogens is 186 g/mol. The Hall–Kier alpha value is -1.46. The molecule has 0 saturated heterocycles. The fourth-order valence-electron chi connectivity index (χ4n) is 0.982. The molecule has 0 bridgehead atoms. The van der Waals surface area contributed by atoms with Gasteiger partial charge in [0.05, 0.1) is 12.7 Å². The van der Waals surface area contributed by atoms with Crippen LogP contribution in [0.4, 0.5) is 0 Å². The molecule has 0 radical (unpaired) electrons. The van der Waals surface area contributed by atoms with Gasteiger partial charge in [-0.05, 0) is 17.7 Å². The number of nitrogens with zero attached hydrogens (tertiary/aromatic N) is 1. The van der Waals surface area contributed by atoms with Crippen LogP contribution in [0.5, 0.6) is 5.75 Å². The molecule has 0 fully saturated rings. The zero-order chi connectivity index (χ0) is 9.84. The van der Waals surface area contributed by atoms with Gasteiger partial charge in [-0.2, -0.15) is 5.26 Å². The van der Waals surface area contributed by atoms with Gasteiger partial charge in [0.1, 0.15) is 11.8 Å². The number of rotatable bonds is 2. The Bertz CT molecular complexity index is 379. The maximum Gasteiger partial charge on any atom is 0.137 e. The minimum atomic E-state index is 0.429. The standard InChI is InChI=1S/C10H8ClNO/c1-3-7-5-10(13-2)8(6-12)4-9(7)11/h3-5H,1H2,2H3. The summed E-state index contributed by atoms with van der Waals surface area (Å²) in [5, 5.41) is 9.23. The monoisotopic (exact) mass is 193 g/mol. The number of benzene rings is 1. The van der Waals surface area contributed by atoms with Crippen molar-refractivity contribution in [2.75, 3.05) is 7.11 Å². The van der Waals surface area contributed by atoms with Crippen LogP contribution in [0.2, 0.25) is 5.02 Å². The van der Waals surface area contributed by atoms with Crippen molar-refractivity contribution in [2.45, 2.75) is 0 Å². The van der Waals surface area contributed by atoms with Crippen molar-refractivity contribution in [1.29, 1.82) is 5.26 Å². The molecule has 0 saturated carbocycles. The predicted molar refractivity (Wildman–Crippen MR) is 52.8 cm³/mol. The predicted octanol–water partition coefficient (Wildman–Crippen LogP) is 2.86. The molecule has 1 aromatic rings. The summed E-state index contributed by atoms with van der Waals surface area (Å²) < 4.78 is 5.00. The average molecular weight is 194 g/mol. The van der Waals surface area contributed by atoms with Crippen LogP contribution in [-0.2, 0) is 0 Å². The van der Waals surface area contributed by atoms with Crippen LogP contribution in [0, 0.1) is 11.3 Å². The lowest BCUT2D eigenvalue weighted by Gasteiger charge is -2.05. The molecule has 2 nitrogen and oxygen atoms in total. The van der Waals surface area contributed by atoms with Crippen molar-refractivity contribution in [3.8, 4) is 11.8 Å². The first-order valence-electron chi connectivity index (χ1n) is 3.63. The van der Waals surface area contributed by atoms with Gasteiger partial charge in [0.25, 0.3) is 0 Å². The average Bonchev–Trinajstić information content (AvgIpc) is 2.17. The lowest BCUT2D eigenvalue weighted by molar-refractivity contribution is 0.413. The Morgan fingerprint density at radius 1 is 1.62 bits per heavy atom. The Morgan fingerprint density at radius 3 is 2.77 bits per heavy atom. The second-order valence-corrected chi connectivity index (χ2v) is 2.80. The molecule has 0 atom stereocenters. The number of hydrogen-bond donors (Lipinski definition) is 0. The molecule has 0 amide bonds. The normalized spacial score (nSPS) is 9.00. The minimum Gasteiger partial charge on any atom is -0.495 e. The molecule has 0 N–H and O–H groups in total. The lowest BCUT2D eigenvalue weighted by atomic mass is 10.1.